The Hall–Kier alpha value is -1.30. The first-order valence-corrected chi connectivity index (χ1v) is 6.06. The van der Waals surface area contributed by atoms with Crippen LogP contribution in [-0.2, 0) is 6.42 Å². The first-order chi connectivity index (χ1) is 8.19. The molecule has 2 nitrogen and oxygen atoms in total. The molecule has 0 aliphatic heterocycles. The lowest BCUT2D eigenvalue weighted by Crippen LogP contribution is -2.29. The summed E-state index contributed by atoms with van der Waals surface area (Å²) in [5, 5.41) is 3.94. The largest absolute Gasteiger partial charge is 0.271 e. The Morgan fingerprint density at radius 1 is 1.24 bits per heavy atom. The Balaban J connectivity index is 2.22. The molecule has 0 radical (unpaired) electrons. The van der Waals surface area contributed by atoms with E-state index >= 15 is 0 Å². The number of nitrogens with two attached hydrogens (primary N) is 1. The third-order valence-corrected chi connectivity index (χ3v) is 3.24. The lowest BCUT2D eigenvalue weighted by Gasteiger charge is -2.15. The van der Waals surface area contributed by atoms with Gasteiger partial charge in [-0.15, -0.1) is 0 Å². The SMILES string of the molecule is NNC(Cc1ccsc1)c1cc(F)cc(F)c1. The standard InChI is InChI=1S/C12H12F2N2S/c13-10-4-9(5-11(14)6-10)12(16-15)3-8-1-2-17-7-8/h1-2,4-7,12,16H,3,15H2. The average Bonchev–Trinajstić information content (AvgIpc) is 2.77. The van der Waals surface area contributed by atoms with Gasteiger partial charge in [-0.25, -0.2) is 8.78 Å². The first-order valence-electron chi connectivity index (χ1n) is 5.12. The fourth-order valence-corrected chi connectivity index (χ4v) is 2.38. The van der Waals surface area contributed by atoms with Crippen LogP contribution in [0.3, 0.4) is 0 Å². The molecule has 90 valence electrons. The predicted molar refractivity (Wildman–Crippen MR) is 64.4 cm³/mol. The second kappa shape index (κ2) is 5.35. The van der Waals surface area contributed by atoms with Crippen LogP contribution in [0.5, 0.6) is 0 Å². The van der Waals surface area contributed by atoms with Gasteiger partial charge in [-0.1, -0.05) is 0 Å². The molecule has 1 aromatic heterocycles. The highest BCUT2D eigenvalue weighted by Crippen LogP contribution is 2.21. The van der Waals surface area contributed by atoms with Crippen molar-refractivity contribution in [3.8, 4) is 0 Å². The molecule has 0 saturated carbocycles. The monoisotopic (exact) mass is 254 g/mol. The van der Waals surface area contributed by atoms with Crippen LogP contribution in [0.15, 0.2) is 35.0 Å². The molecule has 0 aliphatic carbocycles. The van der Waals surface area contributed by atoms with Gasteiger partial charge >= 0.3 is 0 Å². The van der Waals surface area contributed by atoms with Gasteiger partial charge in [0.05, 0.1) is 6.04 Å². The number of nitrogens with one attached hydrogen (secondary N) is 1. The molecule has 0 bridgehead atoms. The van der Waals surface area contributed by atoms with Crippen molar-refractivity contribution in [3.63, 3.8) is 0 Å². The Bertz CT molecular complexity index is 465. The van der Waals surface area contributed by atoms with Crippen molar-refractivity contribution in [3.05, 3.63) is 57.8 Å². The van der Waals surface area contributed by atoms with Crippen LogP contribution in [0.1, 0.15) is 17.2 Å². The smallest absolute Gasteiger partial charge is 0.126 e. The van der Waals surface area contributed by atoms with Crippen LogP contribution in [0, 0.1) is 11.6 Å². The van der Waals surface area contributed by atoms with Crippen LogP contribution in [-0.4, -0.2) is 0 Å². The lowest BCUT2D eigenvalue weighted by molar-refractivity contribution is 0.531. The topological polar surface area (TPSA) is 38.0 Å². The fraction of sp³-hybridized carbons (Fsp3) is 0.167. The fourth-order valence-electron chi connectivity index (χ4n) is 1.69. The van der Waals surface area contributed by atoms with Gasteiger partial charge in [-0.3, -0.25) is 11.3 Å². The molecule has 0 fully saturated rings. The van der Waals surface area contributed by atoms with E-state index in [1.165, 1.54) is 12.1 Å². The summed E-state index contributed by atoms with van der Waals surface area (Å²) in [6.07, 6.45) is 0.600. The number of thiophene rings is 1. The first kappa shape index (κ1) is 12.2. The minimum Gasteiger partial charge on any atom is -0.271 e. The summed E-state index contributed by atoms with van der Waals surface area (Å²) in [5.74, 6) is 4.25. The highest BCUT2D eigenvalue weighted by atomic mass is 32.1. The minimum absolute atomic E-state index is 0.296. The van der Waals surface area contributed by atoms with E-state index < -0.39 is 11.6 Å². The van der Waals surface area contributed by atoms with E-state index in [0.29, 0.717) is 12.0 Å². The third kappa shape index (κ3) is 3.09. The zero-order chi connectivity index (χ0) is 12.3. The minimum atomic E-state index is -0.592. The van der Waals surface area contributed by atoms with Crippen molar-refractivity contribution in [2.24, 2.45) is 5.84 Å². The summed E-state index contributed by atoms with van der Waals surface area (Å²) in [4.78, 5) is 0. The van der Waals surface area contributed by atoms with E-state index in [-0.39, 0.29) is 6.04 Å². The summed E-state index contributed by atoms with van der Waals surface area (Å²) in [5.41, 5.74) is 4.18. The van der Waals surface area contributed by atoms with Crippen molar-refractivity contribution in [1.82, 2.24) is 5.43 Å². The Morgan fingerprint density at radius 3 is 2.47 bits per heavy atom. The molecule has 0 aliphatic rings. The van der Waals surface area contributed by atoms with E-state index in [9.17, 15) is 8.78 Å². The Morgan fingerprint density at radius 2 is 1.94 bits per heavy atom. The van der Waals surface area contributed by atoms with Gasteiger partial charge in [-0.05, 0) is 46.5 Å². The van der Waals surface area contributed by atoms with Crippen LogP contribution < -0.4 is 11.3 Å². The van der Waals surface area contributed by atoms with Crippen molar-refractivity contribution in [2.45, 2.75) is 12.5 Å². The lowest BCUT2D eigenvalue weighted by atomic mass is 10.0. The van der Waals surface area contributed by atoms with E-state index in [1.807, 2.05) is 16.8 Å². The number of halogens is 2. The molecule has 1 unspecified atom stereocenters. The third-order valence-electron chi connectivity index (χ3n) is 2.51. The second-order valence-corrected chi connectivity index (χ2v) is 4.54. The Labute approximate surface area is 102 Å². The maximum Gasteiger partial charge on any atom is 0.126 e. The zero-order valence-electron chi connectivity index (χ0n) is 8.99. The van der Waals surface area contributed by atoms with E-state index in [2.05, 4.69) is 5.43 Å². The second-order valence-electron chi connectivity index (χ2n) is 3.76. The van der Waals surface area contributed by atoms with Crippen LogP contribution in [0.2, 0.25) is 0 Å². The van der Waals surface area contributed by atoms with Gasteiger partial charge in [0, 0.05) is 6.07 Å². The molecular weight excluding hydrogens is 242 g/mol. The molecule has 0 spiro atoms. The molecule has 1 aromatic carbocycles. The van der Waals surface area contributed by atoms with Gasteiger partial charge in [-0.2, -0.15) is 11.3 Å². The Kier molecular flexibility index (Phi) is 3.83. The van der Waals surface area contributed by atoms with Crippen LogP contribution in [0.25, 0.3) is 0 Å². The van der Waals surface area contributed by atoms with E-state index in [0.717, 1.165) is 11.6 Å². The van der Waals surface area contributed by atoms with Crippen LogP contribution in [0.4, 0.5) is 8.78 Å². The van der Waals surface area contributed by atoms with Gasteiger partial charge in [0.1, 0.15) is 11.6 Å². The number of hydrogen-bond acceptors (Lipinski definition) is 3. The number of rotatable bonds is 4. The quantitative estimate of drug-likeness (QED) is 0.650. The van der Waals surface area contributed by atoms with Crippen molar-refractivity contribution >= 4 is 11.3 Å². The molecule has 0 saturated heterocycles. The van der Waals surface area contributed by atoms with Crippen molar-refractivity contribution in [2.75, 3.05) is 0 Å². The van der Waals surface area contributed by atoms with Gasteiger partial charge < -0.3 is 0 Å². The molecule has 17 heavy (non-hydrogen) atoms. The average molecular weight is 254 g/mol. The number of hydrazine groups is 1. The predicted octanol–water partition coefficient (Wildman–Crippen LogP) is 2.77. The molecule has 1 heterocycles. The summed E-state index contributed by atoms with van der Waals surface area (Å²) in [6.45, 7) is 0. The van der Waals surface area contributed by atoms with Gasteiger partial charge in [0.15, 0.2) is 0 Å². The maximum absolute atomic E-state index is 13.1. The molecular formula is C12H12F2N2S. The zero-order valence-corrected chi connectivity index (χ0v) is 9.81. The number of benzene rings is 1. The highest BCUT2D eigenvalue weighted by molar-refractivity contribution is 7.07. The molecule has 0 amide bonds. The summed E-state index contributed by atoms with van der Waals surface area (Å²) < 4.78 is 26.2. The highest BCUT2D eigenvalue weighted by Gasteiger charge is 2.13. The number of hydrogen-bond donors (Lipinski definition) is 2. The summed E-state index contributed by atoms with van der Waals surface area (Å²) >= 11 is 1.58. The molecule has 5 heteroatoms. The van der Waals surface area contributed by atoms with Crippen LogP contribution >= 0.6 is 11.3 Å². The summed E-state index contributed by atoms with van der Waals surface area (Å²) in [6, 6.07) is 5.10. The van der Waals surface area contributed by atoms with E-state index in [1.54, 1.807) is 11.3 Å². The van der Waals surface area contributed by atoms with Crippen molar-refractivity contribution in [1.29, 1.82) is 0 Å². The molecule has 1 atom stereocenters. The molecule has 2 rings (SSSR count). The van der Waals surface area contributed by atoms with Crippen molar-refractivity contribution < 1.29 is 8.78 Å². The molecule has 2 aromatic rings. The molecule has 3 N–H and O–H groups in total. The maximum atomic E-state index is 13.1. The normalized spacial score (nSPS) is 12.6. The summed E-state index contributed by atoms with van der Waals surface area (Å²) in [7, 11) is 0. The van der Waals surface area contributed by atoms with Gasteiger partial charge in [0.2, 0.25) is 0 Å². The van der Waals surface area contributed by atoms with E-state index in [4.69, 9.17) is 5.84 Å². The van der Waals surface area contributed by atoms with Gasteiger partial charge in [0.25, 0.3) is 0 Å².